The van der Waals surface area contributed by atoms with Crippen molar-refractivity contribution in [3.63, 3.8) is 0 Å². The van der Waals surface area contributed by atoms with Crippen LogP contribution in [0.1, 0.15) is 28.8 Å². The highest BCUT2D eigenvalue weighted by Crippen LogP contribution is 2.23. The highest BCUT2D eigenvalue weighted by atomic mass is 16.2. The number of carbonyl (C=O) groups is 2. The molecule has 0 fully saturated rings. The number of amides is 2. The van der Waals surface area contributed by atoms with Gasteiger partial charge in [0.05, 0.1) is 12.1 Å². The summed E-state index contributed by atoms with van der Waals surface area (Å²) in [7, 11) is 0. The van der Waals surface area contributed by atoms with E-state index in [-0.39, 0.29) is 11.7 Å². The maximum Gasteiger partial charge on any atom is 0.288 e. The first-order valence-corrected chi connectivity index (χ1v) is 5.70. The standard InChI is InChI=1S/C10H11N7O2/c11-7(18)9-14-8(15-16-9)5-2-4-17-6(1-3-12-17)13-10(5)19/h1,3,5H,2,4H2,(H2,11,18)(H,13,19)(H,14,15,16). The lowest BCUT2D eigenvalue weighted by molar-refractivity contribution is -0.117. The van der Waals surface area contributed by atoms with E-state index in [1.165, 1.54) is 0 Å². The molecule has 1 unspecified atom stereocenters. The number of nitrogens with two attached hydrogens (primary N) is 1. The highest BCUT2D eigenvalue weighted by molar-refractivity contribution is 5.95. The molecule has 3 rings (SSSR count). The zero-order valence-corrected chi connectivity index (χ0v) is 9.83. The van der Waals surface area contributed by atoms with Crippen LogP contribution in [0, 0.1) is 0 Å². The molecule has 9 nitrogen and oxygen atoms in total. The molecule has 98 valence electrons. The SMILES string of the molecule is NC(=O)c1n[nH]c(C2CCn3nccc3NC2=O)n1. The number of hydrogen-bond donors (Lipinski definition) is 3. The van der Waals surface area contributed by atoms with Crippen LogP contribution in [0.4, 0.5) is 5.82 Å². The third kappa shape index (κ3) is 1.94. The second-order valence-electron chi connectivity index (χ2n) is 4.18. The molecule has 4 N–H and O–H groups in total. The number of rotatable bonds is 2. The lowest BCUT2D eigenvalue weighted by Crippen LogP contribution is -2.21. The van der Waals surface area contributed by atoms with Crippen molar-refractivity contribution < 1.29 is 9.59 Å². The van der Waals surface area contributed by atoms with Crippen LogP contribution in [0.15, 0.2) is 12.3 Å². The number of aromatic nitrogens is 5. The van der Waals surface area contributed by atoms with Crippen LogP contribution < -0.4 is 11.1 Å². The van der Waals surface area contributed by atoms with Crippen LogP contribution in [0.25, 0.3) is 0 Å². The summed E-state index contributed by atoms with van der Waals surface area (Å²) in [5.41, 5.74) is 5.08. The van der Waals surface area contributed by atoms with Gasteiger partial charge in [-0.05, 0) is 6.42 Å². The molecule has 0 radical (unpaired) electrons. The molecular weight excluding hydrogens is 250 g/mol. The van der Waals surface area contributed by atoms with Crippen molar-refractivity contribution in [3.05, 3.63) is 23.9 Å². The summed E-state index contributed by atoms with van der Waals surface area (Å²) < 4.78 is 1.70. The van der Waals surface area contributed by atoms with Crippen molar-refractivity contribution in [3.8, 4) is 0 Å². The number of hydrogen-bond acceptors (Lipinski definition) is 5. The van der Waals surface area contributed by atoms with Crippen LogP contribution in [-0.2, 0) is 11.3 Å². The van der Waals surface area contributed by atoms with Crippen molar-refractivity contribution >= 4 is 17.6 Å². The number of aromatic amines is 1. The lowest BCUT2D eigenvalue weighted by atomic mass is 10.0. The predicted octanol–water partition coefficient (Wildman–Crippen LogP) is -0.774. The number of fused-ring (bicyclic) bond motifs is 1. The summed E-state index contributed by atoms with van der Waals surface area (Å²) in [5.74, 6) is -0.609. The Morgan fingerprint density at radius 2 is 2.37 bits per heavy atom. The van der Waals surface area contributed by atoms with Crippen LogP contribution >= 0.6 is 0 Å². The van der Waals surface area contributed by atoms with Crippen molar-refractivity contribution in [2.75, 3.05) is 5.32 Å². The number of anilines is 1. The molecule has 9 heteroatoms. The second-order valence-corrected chi connectivity index (χ2v) is 4.18. The molecular formula is C10H11N7O2. The molecule has 2 aromatic heterocycles. The molecule has 0 spiro atoms. The summed E-state index contributed by atoms with van der Waals surface area (Å²) in [5, 5.41) is 13.1. The Hall–Kier alpha value is -2.71. The van der Waals surface area contributed by atoms with Gasteiger partial charge in [0.2, 0.25) is 11.7 Å². The van der Waals surface area contributed by atoms with E-state index in [4.69, 9.17) is 5.73 Å². The third-order valence-electron chi connectivity index (χ3n) is 2.97. The first kappa shape index (κ1) is 11.4. The predicted molar refractivity (Wildman–Crippen MR) is 63.1 cm³/mol. The number of nitrogens with one attached hydrogen (secondary N) is 2. The molecule has 0 aliphatic carbocycles. The molecule has 0 saturated carbocycles. The number of carbonyl (C=O) groups excluding carboxylic acids is 2. The fourth-order valence-corrected chi connectivity index (χ4v) is 2.01. The van der Waals surface area contributed by atoms with Gasteiger partial charge in [0, 0.05) is 12.6 Å². The maximum atomic E-state index is 12.1. The summed E-state index contributed by atoms with van der Waals surface area (Å²) >= 11 is 0. The van der Waals surface area contributed by atoms with Crippen molar-refractivity contribution in [1.82, 2.24) is 25.0 Å². The number of H-pyrrole nitrogens is 1. The Balaban J connectivity index is 1.87. The average molecular weight is 261 g/mol. The maximum absolute atomic E-state index is 12.1. The summed E-state index contributed by atoms with van der Waals surface area (Å²) in [6.45, 7) is 0.568. The Kier molecular flexibility index (Phi) is 2.51. The van der Waals surface area contributed by atoms with Crippen LogP contribution in [0.3, 0.4) is 0 Å². The molecule has 3 heterocycles. The smallest absolute Gasteiger partial charge is 0.288 e. The highest BCUT2D eigenvalue weighted by Gasteiger charge is 2.28. The number of nitrogens with zero attached hydrogens (tertiary/aromatic N) is 4. The minimum atomic E-state index is -0.732. The van der Waals surface area contributed by atoms with E-state index >= 15 is 0 Å². The molecule has 0 aromatic carbocycles. The van der Waals surface area contributed by atoms with E-state index < -0.39 is 11.8 Å². The fraction of sp³-hybridized carbons (Fsp3) is 0.300. The molecule has 0 saturated heterocycles. The molecule has 1 aliphatic heterocycles. The molecule has 2 aromatic rings. The molecule has 1 atom stereocenters. The normalized spacial score (nSPS) is 18.5. The molecule has 19 heavy (non-hydrogen) atoms. The topological polar surface area (TPSA) is 132 Å². The first-order chi connectivity index (χ1) is 9.15. The lowest BCUT2D eigenvalue weighted by Gasteiger charge is -2.08. The van der Waals surface area contributed by atoms with Crippen molar-refractivity contribution in [2.24, 2.45) is 5.73 Å². The minimum Gasteiger partial charge on any atom is -0.363 e. The van der Waals surface area contributed by atoms with Gasteiger partial charge in [0.1, 0.15) is 11.6 Å². The van der Waals surface area contributed by atoms with Gasteiger partial charge in [0.15, 0.2) is 0 Å². The minimum absolute atomic E-state index is 0.121. The van der Waals surface area contributed by atoms with Crippen molar-refractivity contribution in [2.45, 2.75) is 18.9 Å². The molecule has 2 amide bonds. The molecule has 0 bridgehead atoms. The van der Waals surface area contributed by atoms with E-state index in [2.05, 4.69) is 25.6 Å². The largest absolute Gasteiger partial charge is 0.363 e. The van der Waals surface area contributed by atoms with E-state index in [9.17, 15) is 9.59 Å². The second kappa shape index (κ2) is 4.19. The van der Waals surface area contributed by atoms with Gasteiger partial charge in [-0.15, -0.1) is 5.10 Å². The van der Waals surface area contributed by atoms with E-state index in [0.29, 0.717) is 24.6 Å². The average Bonchev–Trinajstić information content (AvgIpc) is 2.97. The van der Waals surface area contributed by atoms with Gasteiger partial charge in [-0.2, -0.15) is 5.10 Å². The first-order valence-electron chi connectivity index (χ1n) is 5.70. The molecule has 1 aliphatic rings. The Morgan fingerprint density at radius 3 is 3.11 bits per heavy atom. The van der Waals surface area contributed by atoms with Gasteiger partial charge < -0.3 is 11.1 Å². The van der Waals surface area contributed by atoms with Crippen molar-refractivity contribution in [1.29, 1.82) is 0 Å². The number of aryl methyl sites for hydroxylation is 1. The third-order valence-corrected chi connectivity index (χ3v) is 2.97. The zero-order chi connectivity index (χ0) is 13.4. The zero-order valence-electron chi connectivity index (χ0n) is 9.83. The Bertz CT molecular complexity index is 644. The van der Waals surface area contributed by atoms with E-state index in [1.807, 2.05) is 0 Å². The summed E-state index contributed by atoms with van der Waals surface area (Å²) in [6.07, 6.45) is 2.13. The van der Waals surface area contributed by atoms with Gasteiger partial charge in [-0.25, -0.2) is 9.67 Å². The monoisotopic (exact) mass is 261 g/mol. The summed E-state index contributed by atoms with van der Waals surface area (Å²) in [6, 6.07) is 1.72. The Labute approximate surface area is 107 Å². The van der Waals surface area contributed by atoms with Crippen LogP contribution in [-0.4, -0.2) is 36.8 Å². The van der Waals surface area contributed by atoms with Crippen LogP contribution in [0.5, 0.6) is 0 Å². The van der Waals surface area contributed by atoms with E-state index in [0.717, 1.165) is 0 Å². The van der Waals surface area contributed by atoms with Gasteiger partial charge in [-0.1, -0.05) is 0 Å². The number of primary amides is 1. The Morgan fingerprint density at radius 1 is 1.53 bits per heavy atom. The van der Waals surface area contributed by atoms with Gasteiger partial charge in [0.25, 0.3) is 5.91 Å². The van der Waals surface area contributed by atoms with Gasteiger partial charge >= 0.3 is 0 Å². The van der Waals surface area contributed by atoms with Crippen LogP contribution in [0.2, 0.25) is 0 Å². The van der Waals surface area contributed by atoms with E-state index in [1.54, 1.807) is 16.9 Å². The quantitative estimate of drug-likeness (QED) is 0.652. The fourth-order valence-electron chi connectivity index (χ4n) is 2.01. The summed E-state index contributed by atoms with van der Waals surface area (Å²) in [4.78, 5) is 27.0. The van der Waals surface area contributed by atoms with Gasteiger partial charge in [-0.3, -0.25) is 14.7 Å².